The number of methoxy groups -OCH3 is 1. The Hall–Kier alpha value is -1.94. The van der Waals surface area contributed by atoms with Gasteiger partial charge in [-0.05, 0) is 42.3 Å². The molecule has 0 aliphatic heterocycles. The molecule has 21 heavy (non-hydrogen) atoms. The highest BCUT2D eigenvalue weighted by Gasteiger charge is 2.12. The molecule has 0 amide bonds. The van der Waals surface area contributed by atoms with E-state index in [0.29, 0.717) is 17.1 Å². The summed E-state index contributed by atoms with van der Waals surface area (Å²) in [6, 6.07) is 14.7. The van der Waals surface area contributed by atoms with E-state index in [1.165, 1.54) is 0 Å². The minimum Gasteiger partial charge on any atom is -0.497 e. The molecule has 0 radical (unpaired) electrons. The second kappa shape index (κ2) is 7.18. The molecule has 0 saturated carbocycles. The fourth-order valence-electron chi connectivity index (χ4n) is 2.00. The number of hydrogen-bond acceptors (Lipinski definition) is 3. The van der Waals surface area contributed by atoms with Crippen molar-refractivity contribution in [1.82, 2.24) is 0 Å². The van der Waals surface area contributed by atoms with Crippen LogP contribution in [0.5, 0.6) is 5.75 Å². The lowest BCUT2D eigenvalue weighted by molar-refractivity contribution is 0.102. The molecule has 0 N–H and O–H groups in total. The van der Waals surface area contributed by atoms with E-state index in [9.17, 15) is 9.00 Å². The van der Waals surface area contributed by atoms with Gasteiger partial charge in [0.2, 0.25) is 0 Å². The third kappa shape index (κ3) is 4.26. The second-order valence-electron chi connectivity index (χ2n) is 4.81. The highest BCUT2D eigenvalue weighted by atomic mass is 32.2. The van der Waals surface area contributed by atoms with Crippen molar-refractivity contribution in [3.63, 3.8) is 0 Å². The van der Waals surface area contributed by atoms with Gasteiger partial charge in [0, 0.05) is 22.1 Å². The molecule has 2 rings (SSSR count). The van der Waals surface area contributed by atoms with E-state index in [0.717, 1.165) is 11.1 Å². The summed E-state index contributed by atoms with van der Waals surface area (Å²) in [5.74, 6) is 1.05. The normalized spacial score (nSPS) is 11.9. The average molecular weight is 302 g/mol. The molecule has 0 aliphatic rings. The van der Waals surface area contributed by atoms with Crippen LogP contribution in [0.4, 0.5) is 0 Å². The Bertz CT molecular complexity index is 647. The first-order chi connectivity index (χ1) is 10.1. The van der Waals surface area contributed by atoms with Crippen LogP contribution in [0.3, 0.4) is 0 Å². The predicted molar refractivity (Wildman–Crippen MR) is 85.2 cm³/mol. The molecule has 0 bridgehead atoms. The van der Waals surface area contributed by atoms with E-state index in [4.69, 9.17) is 4.74 Å². The van der Waals surface area contributed by atoms with Gasteiger partial charge in [-0.15, -0.1) is 0 Å². The predicted octanol–water partition coefficient (Wildman–Crippen LogP) is 3.14. The van der Waals surface area contributed by atoms with Gasteiger partial charge in [-0.1, -0.05) is 24.3 Å². The monoisotopic (exact) mass is 302 g/mol. The molecule has 3 nitrogen and oxygen atoms in total. The highest BCUT2D eigenvalue weighted by molar-refractivity contribution is 7.85. The second-order valence-corrected chi connectivity index (χ2v) is 6.26. The summed E-state index contributed by atoms with van der Waals surface area (Å²) in [7, 11) is 0.378. The number of ketones is 1. The van der Waals surface area contributed by atoms with Gasteiger partial charge in [-0.3, -0.25) is 9.00 Å². The summed E-state index contributed by atoms with van der Waals surface area (Å²) >= 11 is 0. The fraction of sp³-hybridized carbons (Fsp3) is 0.235. The Morgan fingerprint density at radius 3 is 2.38 bits per heavy atom. The summed E-state index contributed by atoms with van der Waals surface area (Å²) in [6.07, 6.45) is 0. The Labute approximate surface area is 127 Å². The van der Waals surface area contributed by atoms with E-state index in [1.54, 1.807) is 31.4 Å². The summed E-state index contributed by atoms with van der Waals surface area (Å²) in [5, 5.41) is 0. The van der Waals surface area contributed by atoms with Crippen molar-refractivity contribution in [2.45, 2.75) is 12.7 Å². The van der Waals surface area contributed by atoms with Gasteiger partial charge in [0.05, 0.1) is 12.9 Å². The highest BCUT2D eigenvalue weighted by Crippen LogP contribution is 2.14. The van der Waals surface area contributed by atoms with Crippen LogP contribution in [0.15, 0.2) is 48.5 Å². The van der Waals surface area contributed by atoms with Crippen molar-refractivity contribution in [2.24, 2.45) is 0 Å². The lowest BCUT2D eigenvalue weighted by atomic mass is 10.1. The molecule has 0 aromatic heterocycles. The number of carbonyl (C=O) groups is 1. The maximum Gasteiger partial charge on any atom is 0.175 e. The molecule has 110 valence electrons. The van der Waals surface area contributed by atoms with Crippen molar-refractivity contribution in [2.75, 3.05) is 12.9 Å². The van der Waals surface area contributed by atoms with Crippen LogP contribution < -0.4 is 4.74 Å². The van der Waals surface area contributed by atoms with Gasteiger partial charge in [0.1, 0.15) is 5.75 Å². The zero-order chi connectivity index (χ0) is 15.2. The third-order valence-electron chi connectivity index (χ3n) is 3.28. The smallest absolute Gasteiger partial charge is 0.175 e. The van der Waals surface area contributed by atoms with Crippen molar-refractivity contribution < 1.29 is 13.7 Å². The minimum absolute atomic E-state index is 0.0423. The molecule has 0 saturated heterocycles. The summed E-state index contributed by atoms with van der Waals surface area (Å²) < 4.78 is 17.2. The molecule has 2 aromatic rings. The van der Waals surface area contributed by atoms with Crippen LogP contribution in [0.25, 0.3) is 0 Å². The minimum atomic E-state index is -1.20. The van der Waals surface area contributed by atoms with Gasteiger partial charge >= 0.3 is 0 Å². The van der Waals surface area contributed by atoms with E-state index in [1.807, 2.05) is 31.2 Å². The SMILES string of the molecule is COc1ccc(C(=O)CS(=O)Cc2ccccc2C)cc1. The lowest BCUT2D eigenvalue weighted by Gasteiger charge is -2.06. The maximum atomic E-state index is 12.1. The molecule has 2 aromatic carbocycles. The zero-order valence-corrected chi connectivity index (χ0v) is 13.0. The van der Waals surface area contributed by atoms with Crippen molar-refractivity contribution in [1.29, 1.82) is 0 Å². The van der Waals surface area contributed by atoms with E-state index in [-0.39, 0.29) is 11.5 Å². The molecular formula is C17H18O3S. The number of rotatable bonds is 6. The molecule has 1 unspecified atom stereocenters. The number of aryl methyl sites for hydroxylation is 1. The average Bonchev–Trinajstić information content (AvgIpc) is 2.49. The number of hydrogen-bond donors (Lipinski definition) is 0. The third-order valence-corrected chi connectivity index (χ3v) is 4.50. The molecule has 0 aliphatic carbocycles. The van der Waals surface area contributed by atoms with Crippen LogP contribution in [0.2, 0.25) is 0 Å². The first kappa shape index (κ1) is 15.4. The largest absolute Gasteiger partial charge is 0.497 e. The van der Waals surface area contributed by atoms with E-state index >= 15 is 0 Å². The van der Waals surface area contributed by atoms with E-state index < -0.39 is 10.8 Å². The summed E-state index contributed by atoms with van der Waals surface area (Å²) in [6.45, 7) is 1.98. The van der Waals surface area contributed by atoms with Gasteiger partial charge in [-0.25, -0.2) is 0 Å². The molecule has 1 atom stereocenters. The number of carbonyl (C=O) groups excluding carboxylic acids is 1. The number of benzene rings is 2. The molecule has 4 heteroatoms. The fourth-order valence-corrected chi connectivity index (χ4v) is 3.23. The lowest BCUT2D eigenvalue weighted by Crippen LogP contribution is -2.12. The van der Waals surface area contributed by atoms with E-state index in [2.05, 4.69) is 0 Å². The van der Waals surface area contributed by atoms with Gasteiger partial charge in [-0.2, -0.15) is 0 Å². The van der Waals surface area contributed by atoms with Gasteiger partial charge in [0.25, 0.3) is 0 Å². The Balaban J connectivity index is 1.98. The maximum absolute atomic E-state index is 12.1. The van der Waals surface area contributed by atoms with Gasteiger partial charge < -0.3 is 4.74 Å². The van der Waals surface area contributed by atoms with Crippen molar-refractivity contribution in [3.8, 4) is 5.75 Å². The first-order valence-corrected chi connectivity index (χ1v) is 8.15. The molecule has 0 fully saturated rings. The number of ether oxygens (including phenoxy) is 1. The molecular weight excluding hydrogens is 284 g/mol. The van der Waals surface area contributed by atoms with Crippen LogP contribution >= 0.6 is 0 Å². The van der Waals surface area contributed by atoms with Crippen molar-refractivity contribution >= 4 is 16.6 Å². The Morgan fingerprint density at radius 2 is 1.76 bits per heavy atom. The molecule has 0 heterocycles. The Kier molecular flexibility index (Phi) is 5.28. The van der Waals surface area contributed by atoms with Crippen LogP contribution in [-0.4, -0.2) is 22.9 Å². The van der Waals surface area contributed by atoms with Crippen LogP contribution in [0.1, 0.15) is 21.5 Å². The standard InChI is InChI=1S/C17H18O3S/c1-13-5-3-4-6-15(13)11-21(19)12-17(18)14-7-9-16(20-2)10-8-14/h3-10H,11-12H2,1-2H3. The summed E-state index contributed by atoms with van der Waals surface area (Å²) in [4.78, 5) is 12.1. The Morgan fingerprint density at radius 1 is 1.10 bits per heavy atom. The van der Waals surface area contributed by atoms with Crippen molar-refractivity contribution in [3.05, 3.63) is 65.2 Å². The summed E-state index contributed by atoms with van der Waals surface area (Å²) in [5.41, 5.74) is 2.69. The first-order valence-electron chi connectivity index (χ1n) is 6.67. The van der Waals surface area contributed by atoms with Gasteiger partial charge in [0.15, 0.2) is 5.78 Å². The quantitative estimate of drug-likeness (QED) is 0.770. The van der Waals surface area contributed by atoms with Crippen LogP contribution in [0, 0.1) is 6.92 Å². The van der Waals surface area contributed by atoms with Crippen LogP contribution in [-0.2, 0) is 16.6 Å². The molecule has 0 spiro atoms. The zero-order valence-electron chi connectivity index (χ0n) is 12.2. The topological polar surface area (TPSA) is 43.4 Å². The number of Topliss-reactive ketones (excluding diaryl/α,β-unsaturated/α-hetero) is 1.